The van der Waals surface area contributed by atoms with E-state index in [-0.39, 0.29) is 12.1 Å². The van der Waals surface area contributed by atoms with E-state index in [4.69, 9.17) is 10.5 Å². The molecule has 0 bridgehead atoms. The van der Waals surface area contributed by atoms with Crippen molar-refractivity contribution in [2.24, 2.45) is 5.73 Å². The van der Waals surface area contributed by atoms with Gasteiger partial charge in [0.1, 0.15) is 5.75 Å². The number of ether oxygens (including phenoxy) is 1. The second-order valence-corrected chi connectivity index (χ2v) is 6.48. The van der Waals surface area contributed by atoms with Gasteiger partial charge in [-0.25, -0.2) is 0 Å². The molecule has 0 heterocycles. The van der Waals surface area contributed by atoms with E-state index in [0.717, 1.165) is 17.1 Å². The number of aryl methyl sites for hydroxylation is 1. The predicted octanol–water partition coefficient (Wildman–Crippen LogP) is 4.57. The van der Waals surface area contributed by atoms with Crippen LogP contribution in [0.1, 0.15) is 31.0 Å². The molecule has 0 spiro atoms. The second kappa shape index (κ2) is 7.53. The van der Waals surface area contributed by atoms with Gasteiger partial charge in [0.25, 0.3) is 0 Å². The highest BCUT2D eigenvalue weighted by molar-refractivity contribution is 7.99. The van der Waals surface area contributed by atoms with Crippen molar-refractivity contribution in [3.05, 3.63) is 59.7 Å². The number of rotatable bonds is 6. The summed E-state index contributed by atoms with van der Waals surface area (Å²) in [6.45, 7) is 6.18. The van der Waals surface area contributed by atoms with E-state index in [0.29, 0.717) is 0 Å². The number of benzene rings is 2. The zero-order valence-corrected chi connectivity index (χ0v) is 13.7. The van der Waals surface area contributed by atoms with Crippen molar-refractivity contribution in [3.63, 3.8) is 0 Å². The summed E-state index contributed by atoms with van der Waals surface area (Å²) in [5.74, 6) is 1.77. The number of hydrogen-bond donors (Lipinski definition) is 1. The summed E-state index contributed by atoms with van der Waals surface area (Å²) < 4.78 is 5.65. The molecule has 0 saturated carbocycles. The minimum Gasteiger partial charge on any atom is -0.491 e. The Hall–Kier alpha value is -1.45. The van der Waals surface area contributed by atoms with Gasteiger partial charge >= 0.3 is 0 Å². The van der Waals surface area contributed by atoms with Crippen LogP contribution in [0.2, 0.25) is 0 Å². The lowest BCUT2D eigenvalue weighted by molar-refractivity contribution is 0.242. The molecule has 0 radical (unpaired) electrons. The monoisotopic (exact) mass is 301 g/mol. The van der Waals surface area contributed by atoms with Crippen LogP contribution in [0.25, 0.3) is 0 Å². The van der Waals surface area contributed by atoms with Crippen LogP contribution in [0, 0.1) is 6.92 Å². The zero-order chi connectivity index (χ0) is 15.2. The van der Waals surface area contributed by atoms with Crippen molar-refractivity contribution in [2.75, 3.05) is 5.75 Å². The molecule has 2 aromatic carbocycles. The first-order valence-corrected chi connectivity index (χ1v) is 8.25. The van der Waals surface area contributed by atoms with Crippen molar-refractivity contribution in [2.45, 2.75) is 37.8 Å². The molecule has 0 amide bonds. The van der Waals surface area contributed by atoms with Gasteiger partial charge in [-0.15, -0.1) is 11.8 Å². The Morgan fingerprint density at radius 2 is 1.71 bits per heavy atom. The van der Waals surface area contributed by atoms with Gasteiger partial charge in [-0.1, -0.05) is 30.3 Å². The summed E-state index contributed by atoms with van der Waals surface area (Å²) in [6.07, 6.45) is 0.195. The minimum atomic E-state index is 0.0303. The summed E-state index contributed by atoms with van der Waals surface area (Å²) in [4.78, 5) is 1.30. The fourth-order valence-corrected chi connectivity index (χ4v) is 3.08. The molecule has 0 aliphatic rings. The third-order valence-electron chi connectivity index (χ3n) is 3.19. The highest BCUT2D eigenvalue weighted by Crippen LogP contribution is 2.26. The molecule has 2 rings (SSSR count). The summed E-state index contributed by atoms with van der Waals surface area (Å²) in [6, 6.07) is 16.5. The van der Waals surface area contributed by atoms with Crippen LogP contribution in [0.4, 0.5) is 0 Å². The topological polar surface area (TPSA) is 35.2 Å². The molecule has 2 N–H and O–H groups in total. The Morgan fingerprint density at radius 3 is 2.33 bits per heavy atom. The molecule has 0 fully saturated rings. The Balaban J connectivity index is 1.94. The normalized spacial score (nSPS) is 12.4. The highest BCUT2D eigenvalue weighted by atomic mass is 32.2. The molecule has 2 nitrogen and oxygen atoms in total. The van der Waals surface area contributed by atoms with Crippen molar-refractivity contribution in [1.82, 2.24) is 0 Å². The summed E-state index contributed by atoms with van der Waals surface area (Å²) in [5.41, 5.74) is 8.73. The first-order chi connectivity index (χ1) is 10.1. The van der Waals surface area contributed by atoms with Gasteiger partial charge in [0.2, 0.25) is 0 Å². The first-order valence-electron chi connectivity index (χ1n) is 7.27. The quantitative estimate of drug-likeness (QED) is 0.794. The average Bonchev–Trinajstić information content (AvgIpc) is 2.46. The van der Waals surface area contributed by atoms with E-state index < -0.39 is 0 Å². The Kier molecular flexibility index (Phi) is 5.71. The summed E-state index contributed by atoms with van der Waals surface area (Å²) in [7, 11) is 0. The number of hydrogen-bond acceptors (Lipinski definition) is 3. The maximum Gasteiger partial charge on any atom is 0.119 e. The predicted molar refractivity (Wildman–Crippen MR) is 91.0 cm³/mol. The molecule has 0 aromatic heterocycles. The van der Waals surface area contributed by atoms with Gasteiger partial charge in [-0.2, -0.15) is 0 Å². The van der Waals surface area contributed by atoms with Gasteiger partial charge in [-0.05, 0) is 50.1 Å². The van der Waals surface area contributed by atoms with E-state index >= 15 is 0 Å². The van der Waals surface area contributed by atoms with Gasteiger partial charge in [0.15, 0.2) is 0 Å². The fourth-order valence-electron chi connectivity index (χ4n) is 2.06. The van der Waals surface area contributed by atoms with Gasteiger partial charge in [-0.3, -0.25) is 0 Å². The van der Waals surface area contributed by atoms with Crippen LogP contribution in [-0.2, 0) is 0 Å². The Bertz CT molecular complexity index is 566. The smallest absolute Gasteiger partial charge is 0.119 e. The van der Waals surface area contributed by atoms with E-state index in [2.05, 4.69) is 43.3 Å². The van der Waals surface area contributed by atoms with Crippen LogP contribution in [0.3, 0.4) is 0 Å². The molecule has 2 aromatic rings. The minimum absolute atomic E-state index is 0.0303. The number of nitrogens with two attached hydrogens (primary N) is 1. The molecule has 0 aliphatic heterocycles. The molecule has 112 valence electrons. The Labute approximate surface area is 131 Å². The lowest BCUT2D eigenvalue weighted by Gasteiger charge is -2.14. The molecule has 21 heavy (non-hydrogen) atoms. The van der Waals surface area contributed by atoms with Gasteiger partial charge in [0, 0.05) is 16.7 Å². The lowest BCUT2D eigenvalue weighted by Crippen LogP contribution is -2.13. The maximum atomic E-state index is 6.28. The SMILES string of the molecule is Cc1ccccc1SCC(N)c1ccc(OC(C)C)cc1. The molecule has 3 heteroatoms. The van der Waals surface area contributed by atoms with Crippen molar-refractivity contribution in [1.29, 1.82) is 0 Å². The van der Waals surface area contributed by atoms with E-state index in [1.807, 2.05) is 37.7 Å². The first kappa shape index (κ1) is 15.9. The van der Waals surface area contributed by atoms with Crippen LogP contribution in [-0.4, -0.2) is 11.9 Å². The molecule has 1 unspecified atom stereocenters. The third kappa shape index (κ3) is 4.80. The average molecular weight is 301 g/mol. The fraction of sp³-hybridized carbons (Fsp3) is 0.333. The molecule has 0 aliphatic carbocycles. The lowest BCUT2D eigenvalue weighted by atomic mass is 10.1. The maximum absolute atomic E-state index is 6.28. The van der Waals surface area contributed by atoms with E-state index in [9.17, 15) is 0 Å². The van der Waals surface area contributed by atoms with Crippen LogP contribution in [0.15, 0.2) is 53.4 Å². The highest BCUT2D eigenvalue weighted by Gasteiger charge is 2.08. The zero-order valence-electron chi connectivity index (χ0n) is 12.9. The Morgan fingerprint density at radius 1 is 1.05 bits per heavy atom. The second-order valence-electron chi connectivity index (χ2n) is 5.42. The van der Waals surface area contributed by atoms with Crippen molar-refractivity contribution < 1.29 is 4.74 Å². The molecular weight excluding hydrogens is 278 g/mol. The largest absolute Gasteiger partial charge is 0.491 e. The van der Waals surface area contributed by atoms with Crippen LogP contribution < -0.4 is 10.5 Å². The van der Waals surface area contributed by atoms with Gasteiger partial charge < -0.3 is 10.5 Å². The molecule has 0 saturated heterocycles. The molecular formula is C18H23NOS. The van der Waals surface area contributed by atoms with E-state index in [1.165, 1.54) is 10.5 Å². The van der Waals surface area contributed by atoms with Crippen molar-refractivity contribution >= 4 is 11.8 Å². The van der Waals surface area contributed by atoms with E-state index in [1.54, 1.807) is 0 Å². The summed E-state index contributed by atoms with van der Waals surface area (Å²) in [5, 5.41) is 0. The number of thioether (sulfide) groups is 1. The van der Waals surface area contributed by atoms with Crippen LogP contribution in [0.5, 0.6) is 5.75 Å². The third-order valence-corrected chi connectivity index (χ3v) is 4.49. The van der Waals surface area contributed by atoms with Crippen LogP contribution >= 0.6 is 11.8 Å². The summed E-state index contributed by atoms with van der Waals surface area (Å²) >= 11 is 1.81. The molecule has 1 atom stereocenters. The standard InChI is InChI=1S/C18H23NOS/c1-13(2)20-16-10-8-15(9-11-16)17(19)12-21-18-7-5-4-6-14(18)3/h4-11,13,17H,12,19H2,1-3H3. The van der Waals surface area contributed by atoms with Crippen molar-refractivity contribution in [3.8, 4) is 5.75 Å². The van der Waals surface area contributed by atoms with Gasteiger partial charge in [0.05, 0.1) is 6.10 Å².